The molecule has 0 unspecified atom stereocenters. The molecule has 0 saturated heterocycles. The van der Waals surface area contributed by atoms with E-state index < -0.39 is 11.9 Å². The van der Waals surface area contributed by atoms with Crippen LogP contribution in [-0.2, 0) is 4.74 Å². The molecule has 1 N–H and O–H groups in total. The Bertz CT molecular complexity index is 673. The van der Waals surface area contributed by atoms with Gasteiger partial charge in [0.15, 0.2) is 0 Å². The number of benzene rings is 1. The summed E-state index contributed by atoms with van der Waals surface area (Å²) in [6, 6.07) is 6.67. The van der Waals surface area contributed by atoms with Gasteiger partial charge in [-0.2, -0.15) is 0 Å². The summed E-state index contributed by atoms with van der Waals surface area (Å²) in [7, 11) is 4.23. The molecule has 0 aliphatic carbocycles. The average molecular weight is 321 g/mol. The summed E-state index contributed by atoms with van der Waals surface area (Å²) in [5.74, 6) is -0.173. The van der Waals surface area contributed by atoms with Gasteiger partial charge in [-0.25, -0.2) is 4.79 Å². The highest BCUT2D eigenvalue weighted by atomic mass is 32.1. The minimum atomic E-state index is -0.503. The Morgan fingerprint density at radius 1 is 1.05 bits per heavy atom. The summed E-state index contributed by atoms with van der Waals surface area (Å²) < 4.78 is 15.1. The van der Waals surface area contributed by atoms with Gasteiger partial charge in [0, 0.05) is 0 Å². The predicted molar refractivity (Wildman–Crippen MR) is 83.2 cm³/mol. The van der Waals surface area contributed by atoms with Crippen LogP contribution in [0.15, 0.2) is 29.6 Å². The van der Waals surface area contributed by atoms with Crippen LogP contribution in [-0.4, -0.2) is 33.2 Å². The van der Waals surface area contributed by atoms with Crippen LogP contribution >= 0.6 is 11.3 Å². The summed E-state index contributed by atoms with van der Waals surface area (Å²) in [5.41, 5.74) is 0.643. The maximum absolute atomic E-state index is 12.5. The van der Waals surface area contributed by atoms with E-state index in [0.717, 1.165) is 0 Å². The van der Waals surface area contributed by atoms with Gasteiger partial charge in [0.2, 0.25) is 0 Å². The van der Waals surface area contributed by atoms with Gasteiger partial charge >= 0.3 is 5.97 Å². The van der Waals surface area contributed by atoms with Crippen LogP contribution < -0.4 is 14.8 Å². The van der Waals surface area contributed by atoms with Crippen LogP contribution in [0, 0.1) is 0 Å². The topological polar surface area (TPSA) is 73.9 Å². The van der Waals surface area contributed by atoms with Crippen molar-refractivity contribution in [3.05, 3.63) is 40.1 Å². The zero-order chi connectivity index (χ0) is 16.1. The van der Waals surface area contributed by atoms with Gasteiger partial charge in [-0.15, -0.1) is 11.3 Å². The molecule has 0 fully saturated rings. The second-order valence-corrected chi connectivity index (χ2v) is 5.06. The molecule has 0 aliphatic rings. The van der Waals surface area contributed by atoms with Gasteiger partial charge < -0.3 is 19.5 Å². The summed E-state index contributed by atoms with van der Waals surface area (Å²) in [5, 5.41) is 4.38. The van der Waals surface area contributed by atoms with Crippen molar-refractivity contribution in [1.29, 1.82) is 0 Å². The van der Waals surface area contributed by atoms with E-state index in [9.17, 15) is 9.59 Å². The molecule has 22 heavy (non-hydrogen) atoms. The Balaban J connectivity index is 2.34. The Labute approximate surface area is 131 Å². The summed E-state index contributed by atoms with van der Waals surface area (Å²) >= 11 is 1.19. The molecular weight excluding hydrogens is 306 g/mol. The van der Waals surface area contributed by atoms with Crippen LogP contribution in [0.1, 0.15) is 20.0 Å². The van der Waals surface area contributed by atoms with Crippen molar-refractivity contribution >= 4 is 28.9 Å². The first-order valence-corrected chi connectivity index (χ1v) is 7.18. The van der Waals surface area contributed by atoms with Gasteiger partial charge in [-0.05, 0) is 23.6 Å². The Morgan fingerprint density at radius 3 is 2.23 bits per heavy atom. The third-order valence-corrected chi connectivity index (χ3v) is 3.83. The normalized spacial score (nSPS) is 9.95. The number of methoxy groups -OCH3 is 3. The monoisotopic (exact) mass is 321 g/mol. The van der Waals surface area contributed by atoms with Crippen molar-refractivity contribution in [3.63, 3.8) is 0 Å². The molecule has 0 atom stereocenters. The van der Waals surface area contributed by atoms with E-state index in [1.807, 2.05) is 0 Å². The molecule has 1 aromatic heterocycles. The summed E-state index contributed by atoms with van der Waals surface area (Å²) in [6.07, 6.45) is 0. The lowest BCUT2D eigenvalue weighted by atomic mass is 10.1. The molecule has 2 aromatic rings. The number of carbonyl (C=O) groups excluding carboxylic acids is 2. The number of esters is 1. The van der Waals surface area contributed by atoms with Gasteiger partial charge in [-0.3, -0.25) is 4.79 Å². The SMILES string of the molecule is COC(=O)c1sccc1NC(=O)c1c(OC)cccc1OC. The third kappa shape index (κ3) is 3.04. The number of nitrogens with one attached hydrogen (secondary N) is 1. The number of hydrogen-bond acceptors (Lipinski definition) is 6. The maximum atomic E-state index is 12.5. The lowest BCUT2D eigenvalue weighted by Crippen LogP contribution is -2.16. The fraction of sp³-hybridized carbons (Fsp3) is 0.200. The first-order chi connectivity index (χ1) is 10.6. The third-order valence-electron chi connectivity index (χ3n) is 2.94. The van der Waals surface area contributed by atoms with Crippen LogP contribution in [0.3, 0.4) is 0 Å². The highest BCUT2D eigenvalue weighted by Gasteiger charge is 2.21. The molecule has 1 amide bonds. The van der Waals surface area contributed by atoms with Crippen molar-refractivity contribution in [3.8, 4) is 11.5 Å². The molecule has 1 aromatic carbocycles. The van der Waals surface area contributed by atoms with E-state index >= 15 is 0 Å². The molecule has 0 bridgehead atoms. The van der Waals surface area contributed by atoms with Crippen LogP contribution in [0.5, 0.6) is 11.5 Å². The zero-order valence-corrected chi connectivity index (χ0v) is 13.2. The molecular formula is C15H15NO5S. The Hall–Kier alpha value is -2.54. The van der Waals surface area contributed by atoms with Crippen LogP contribution in [0.4, 0.5) is 5.69 Å². The highest BCUT2D eigenvalue weighted by Crippen LogP contribution is 2.30. The summed E-state index contributed by atoms with van der Waals surface area (Å²) in [4.78, 5) is 24.5. The molecule has 0 radical (unpaired) electrons. The van der Waals surface area contributed by atoms with Gasteiger partial charge in [0.05, 0.1) is 27.0 Å². The molecule has 0 aliphatic heterocycles. The largest absolute Gasteiger partial charge is 0.496 e. The highest BCUT2D eigenvalue weighted by molar-refractivity contribution is 7.12. The molecule has 0 saturated carbocycles. The van der Waals surface area contributed by atoms with Gasteiger partial charge in [0.1, 0.15) is 21.9 Å². The molecule has 0 spiro atoms. The zero-order valence-electron chi connectivity index (χ0n) is 12.3. The smallest absolute Gasteiger partial charge is 0.350 e. The van der Waals surface area contributed by atoms with Crippen molar-refractivity contribution in [1.82, 2.24) is 0 Å². The van der Waals surface area contributed by atoms with Crippen LogP contribution in [0.2, 0.25) is 0 Å². The maximum Gasteiger partial charge on any atom is 0.350 e. The molecule has 1 heterocycles. The van der Waals surface area contributed by atoms with E-state index in [1.165, 1.54) is 32.7 Å². The van der Waals surface area contributed by atoms with E-state index in [-0.39, 0.29) is 5.56 Å². The first kappa shape index (κ1) is 15.8. The second-order valence-electron chi connectivity index (χ2n) is 4.15. The first-order valence-electron chi connectivity index (χ1n) is 6.30. The fourth-order valence-electron chi connectivity index (χ4n) is 1.92. The van der Waals surface area contributed by atoms with E-state index in [1.54, 1.807) is 29.6 Å². The number of amides is 1. The van der Waals surface area contributed by atoms with Crippen molar-refractivity contribution in [2.75, 3.05) is 26.6 Å². The van der Waals surface area contributed by atoms with Gasteiger partial charge in [-0.1, -0.05) is 6.07 Å². The minimum absolute atomic E-state index is 0.259. The lowest BCUT2D eigenvalue weighted by Gasteiger charge is -2.13. The van der Waals surface area contributed by atoms with E-state index in [0.29, 0.717) is 22.1 Å². The summed E-state index contributed by atoms with van der Waals surface area (Å²) in [6.45, 7) is 0. The Morgan fingerprint density at radius 2 is 1.68 bits per heavy atom. The number of ether oxygens (including phenoxy) is 3. The average Bonchev–Trinajstić information content (AvgIpc) is 3.01. The standard InChI is InChI=1S/C15H15NO5S/c1-19-10-5-4-6-11(20-2)12(10)14(17)16-9-7-8-22-13(9)15(18)21-3/h4-8H,1-3H3,(H,16,17). The fourth-order valence-corrected chi connectivity index (χ4v) is 2.68. The van der Waals surface area contributed by atoms with Crippen LogP contribution in [0.25, 0.3) is 0 Å². The molecule has 116 valence electrons. The number of hydrogen-bond donors (Lipinski definition) is 1. The van der Waals surface area contributed by atoms with Crippen molar-refractivity contribution in [2.24, 2.45) is 0 Å². The quantitative estimate of drug-likeness (QED) is 0.857. The number of rotatable bonds is 5. The Kier molecular flexibility index (Phi) is 5.00. The van der Waals surface area contributed by atoms with Crippen molar-refractivity contribution in [2.45, 2.75) is 0 Å². The minimum Gasteiger partial charge on any atom is -0.496 e. The number of carbonyl (C=O) groups is 2. The predicted octanol–water partition coefficient (Wildman–Crippen LogP) is 2.80. The molecule has 7 heteroatoms. The second kappa shape index (κ2) is 6.95. The van der Waals surface area contributed by atoms with E-state index in [4.69, 9.17) is 9.47 Å². The number of anilines is 1. The van der Waals surface area contributed by atoms with Crippen molar-refractivity contribution < 1.29 is 23.8 Å². The number of thiophene rings is 1. The molecule has 2 rings (SSSR count). The molecule has 6 nitrogen and oxygen atoms in total. The van der Waals surface area contributed by atoms with Gasteiger partial charge in [0.25, 0.3) is 5.91 Å². The van der Waals surface area contributed by atoms with E-state index in [2.05, 4.69) is 10.1 Å². The lowest BCUT2D eigenvalue weighted by molar-refractivity contribution is 0.0607.